The molecule has 0 aliphatic carbocycles. The number of anilines is 2. The number of dihydropyridines is 1. The first-order valence-electron chi connectivity index (χ1n) is 12.8. The first-order chi connectivity index (χ1) is 16.6. The van der Waals surface area contributed by atoms with E-state index in [1.165, 1.54) is 11.4 Å². The minimum Gasteiger partial charge on any atom is -0.493 e. The Labute approximate surface area is 206 Å². The fourth-order valence-electron chi connectivity index (χ4n) is 4.85. The number of rotatable bonds is 12. The lowest BCUT2D eigenvalue weighted by Crippen LogP contribution is -2.29. The van der Waals surface area contributed by atoms with Crippen LogP contribution in [0, 0.1) is 0 Å². The van der Waals surface area contributed by atoms with Gasteiger partial charge in [-0.1, -0.05) is 18.2 Å². The number of hydrogen-bond donors (Lipinski definition) is 0. The van der Waals surface area contributed by atoms with Crippen molar-refractivity contribution in [2.45, 2.75) is 53.5 Å². The van der Waals surface area contributed by atoms with Gasteiger partial charge in [0.2, 0.25) is 0 Å². The third-order valence-corrected chi connectivity index (χ3v) is 6.61. The Hall–Kier alpha value is -2.95. The predicted octanol–water partition coefficient (Wildman–Crippen LogP) is 6.45. The van der Waals surface area contributed by atoms with Crippen LogP contribution < -0.4 is 19.3 Å². The third kappa shape index (κ3) is 5.08. The molecule has 0 fully saturated rings. The summed E-state index contributed by atoms with van der Waals surface area (Å²) in [4.78, 5) is 9.80. The van der Waals surface area contributed by atoms with Crippen LogP contribution >= 0.6 is 0 Å². The average molecular weight is 464 g/mol. The highest BCUT2D eigenvalue weighted by atomic mass is 16.5. The van der Waals surface area contributed by atoms with E-state index in [-0.39, 0.29) is 0 Å². The van der Waals surface area contributed by atoms with Crippen molar-refractivity contribution in [3.8, 4) is 11.5 Å². The van der Waals surface area contributed by atoms with Gasteiger partial charge in [-0.05, 0) is 66.2 Å². The Bertz CT molecular complexity index is 925. The summed E-state index contributed by atoms with van der Waals surface area (Å²) < 4.78 is 12.5. The van der Waals surface area contributed by atoms with Gasteiger partial charge in [0.15, 0.2) is 0 Å². The van der Waals surface area contributed by atoms with Crippen LogP contribution in [0.2, 0.25) is 0 Å². The normalized spacial score (nSPS) is 14.2. The standard InChI is InChI=1S/C29H41N3O2/c1-7-31(8-2)23-15-17-25(27(21-23)33-11-5)29(19-13-14-20-30-29)26-18-16-24(32(9-3)10-4)22-28(26)34-12-6/h13-18,20-22H,7-12,19H2,1-6H3. The molecule has 3 rings (SSSR count). The van der Waals surface area contributed by atoms with Gasteiger partial charge in [0.25, 0.3) is 0 Å². The monoisotopic (exact) mass is 463 g/mol. The minimum atomic E-state index is -0.604. The smallest absolute Gasteiger partial charge is 0.127 e. The topological polar surface area (TPSA) is 37.3 Å². The molecule has 0 unspecified atom stereocenters. The number of nitrogens with zero attached hydrogens (tertiary/aromatic N) is 3. The van der Waals surface area contributed by atoms with Crippen LogP contribution in [0.5, 0.6) is 11.5 Å². The highest BCUT2D eigenvalue weighted by Gasteiger charge is 2.39. The molecule has 184 valence electrons. The molecule has 1 aliphatic rings. The molecule has 0 N–H and O–H groups in total. The van der Waals surface area contributed by atoms with Crippen molar-refractivity contribution in [3.05, 3.63) is 59.7 Å². The Morgan fingerprint density at radius 2 is 1.21 bits per heavy atom. The second kappa shape index (κ2) is 12.0. The zero-order valence-corrected chi connectivity index (χ0v) is 21.8. The first kappa shape index (κ1) is 25.7. The van der Waals surface area contributed by atoms with Gasteiger partial charge in [-0.2, -0.15) is 0 Å². The summed E-state index contributed by atoms with van der Waals surface area (Å²) in [5.74, 6) is 1.77. The lowest BCUT2D eigenvalue weighted by Gasteiger charge is -2.35. The Kier molecular flexibility index (Phi) is 9.03. The highest BCUT2D eigenvalue weighted by molar-refractivity contribution is 5.75. The quantitative estimate of drug-likeness (QED) is 0.362. The van der Waals surface area contributed by atoms with Gasteiger partial charge >= 0.3 is 0 Å². The predicted molar refractivity (Wildman–Crippen MR) is 145 cm³/mol. The molecule has 0 atom stereocenters. The van der Waals surface area contributed by atoms with E-state index in [2.05, 4.69) is 80.0 Å². The molecule has 1 aliphatic heterocycles. The number of allylic oxidation sites excluding steroid dienone is 1. The van der Waals surface area contributed by atoms with Crippen molar-refractivity contribution in [1.82, 2.24) is 0 Å². The average Bonchev–Trinajstić information content (AvgIpc) is 2.87. The van der Waals surface area contributed by atoms with Crippen LogP contribution in [-0.2, 0) is 5.54 Å². The molecule has 0 saturated carbocycles. The van der Waals surface area contributed by atoms with Crippen LogP contribution in [0.3, 0.4) is 0 Å². The lowest BCUT2D eigenvalue weighted by atomic mass is 9.78. The summed E-state index contributed by atoms with van der Waals surface area (Å²) in [5, 5.41) is 0. The molecule has 5 nitrogen and oxygen atoms in total. The van der Waals surface area contributed by atoms with Crippen LogP contribution in [0.25, 0.3) is 0 Å². The van der Waals surface area contributed by atoms with Crippen molar-refractivity contribution < 1.29 is 9.47 Å². The van der Waals surface area contributed by atoms with E-state index in [1.807, 2.05) is 26.1 Å². The molecule has 5 heteroatoms. The van der Waals surface area contributed by atoms with Crippen molar-refractivity contribution in [1.29, 1.82) is 0 Å². The first-order valence-corrected chi connectivity index (χ1v) is 12.8. The van der Waals surface area contributed by atoms with Crippen LogP contribution in [0.4, 0.5) is 11.4 Å². The molecule has 34 heavy (non-hydrogen) atoms. The largest absolute Gasteiger partial charge is 0.493 e. The van der Waals surface area contributed by atoms with E-state index >= 15 is 0 Å². The van der Waals surface area contributed by atoms with Gasteiger partial charge in [-0.25, -0.2) is 0 Å². The summed E-state index contributed by atoms with van der Waals surface area (Å²) in [6.45, 7) is 17.8. The van der Waals surface area contributed by atoms with E-state index < -0.39 is 5.54 Å². The van der Waals surface area contributed by atoms with E-state index in [9.17, 15) is 0 Å². The van der Waals surface area contributed by atoms with Crippen molar-refractivity contribution >= 4 is 17.6 Å². The van der Waals surface area contributed by atoms with E-state index in [4.69, 9.17) is 14.5 Å². The number of ether oxygens (including phenoxy) is 2. The number of benzene rings is 2. The van der Waals surface area contributed by atoms with Gasteiger partial charge in [-0.15, -0.1) is 0 Å². The van der Waals surface area contributed by atoms with E-state index in [0.717, 1.165) is 55.2 Å². The lowest BCUT2D eigenvalue weighted by molar-refractivity contribution is 0.318. The molecular formula is C29H41N3O2. The number of hydrogen-bond acceptors (Lipinski definition) is 5. The summed E-state index contributed by atoms with van der Waals surface area (Å²) in [5.41, 5.74) is 3.88. The van der Waals surface area contributed by atoms with Crippen molar-refractivity contribution in [2.24, 2.45) is 4.99 Å². The van der Waals surface area contributed by atoms with Gasteiger partial charge in [0.1, 0.15) is 17.0 Å². The fraction of sp³-hybridized carbons (Fsp3) is 0.483. The molecule has 1 heterocycles. The Morgan fingerprint density at radius 1 is 0.735 bits per heavy atom. The number of aliphatic imine (C=N–C) groups is 1. The highest BCUT2D eigenvalue weighted by Crippen LogP contribution is 2.48. The summed E-state index contributed by atoms with van der Waals surface area (Å²) in [6.07, 6.45) is 6.87. The molecule has 0 saturated heterocycles. The minimum absolute atomic E-state index is 0.601. The van der Waals surface area contributed by atoms with Crippen molar-refractivity contribution in [2.75, 3.05) is 49.2 Å². The molecule has 0 aromatic heterocycles. The molecule has 0 amide bonds. The zero-order valence-electron chi connectivity index (χ0n) is 21.8. The molecule has 2 aromatic rings. The molecule has 0 radical (unpaired) electrons. The van der Waals surface area contributed by atoms with Crippen molar-refractivity contribution in [3.63, 3.8) is 0 Å². The third-order valence-electron chi connectivity index (χ3n) is 6.61. The maximum atomic E-state index is 6.24. The van der Waals surface area contributed by atoms with E-state index in [1.54, 1.807) is 0 Å². The van der Waals surface area contributed by atoms with Crippen LogP contribution in [0.1, 0.15) is 59.1 Å². The van der Waals surface area contributed by atoms with Crippen LogP contribution in [0.15, 0.2) is 53.5 Å². The zero-order chi connectivity index (χ0) is 24.6. The second-order valence-electron chi connectivity index (χ2n) is 8.34. The van der Waals surface area contributed by atoms with Gasteiger partial charge in [0, 0.05) is 67.0 Å². The maximum absolute atomic E-state index is 6.24. The van der Waals surface area contributed by atoms with Gasteiger partial charge in [-0.3, -0.25) is 4.99 Å². The van der Waals surface area contributed by atoms with Crippen LogP contribution in [-0.4, -0.2) is 45.6 Å². The summed E-state index contributed by atoms with van der Waals surface area (Å²) >= 11 is 0. The summed E-state index contributed by atoms with van der Waals surface area (Å²) in [6, 6.07) is 13.1. The second-order valence-corrected chi connectivity index (χ2v) is 8.34. The fourth-order valence-corrected chi connectivity index (χ4v) is 4.85. The Balaban J connectivity index is 2.22. The summed E-state index contributed by atoms with van der Waals surface area (Å²) in [7, 11) is 0. The molecule has 0 bridgehead atoms. The van der Waals surface area contributed by atoms with Gasteiger partial charge < -0.3 is 19.3 Å². The molecule has 2 aromatic carbocycles. The molecular weight excluding hydrogens is 422 g/mol. The van der Waals surface area contributed by atoms with Gasteiger partial charge in [0.05, 0.1) is 13.2 Å². The maximum Gasteiger partial charge on any atom is 0.127 e. The van der Waals surface area contributed by atoms with E-state index in [0.29, 0.717) is 13.2 Å². The molecule has 0 spiro atoms. The SMILES string of the molecule is CCOc1cc(N(CC)CC)ccc1C1(c2ccc(N(CC)CC)cc2OCC)CC=CC=N1. The Morgan fingerprint density at radius 3 is 1.56 bits per heavy atom.